The molecule has 0 fully saturated rings. The monoisotopic (exact) mass is 556 g/mol. The first-order valence-electron chi connectivity index (χ1n) is 11.7. The molecule has 6 nitrogen and oxygen atoms in total. The van der Waals surface area contributed by atoms with Gasteiger partial charge in [-0.2, -0.15) is 26.3 Å². The molecule has 0 aliphatic heterocycles. The number of alkyl halides is 6. The van der Waals surface area contributed by atoms with Gasteiger partial charge in [-0.1, -0.05) is 30.3 Å². The first kappa shape index (κ1) is 29.8. The smallest absolute Gasteiger partial charge is 0.416 e. The molecule has 0 saturated heterocycles. The molecule has 3 rings (SSSR count). The van der Waals surface area contributed by atoms with E-state index in [9.17, 15) is 35.9 Å². The highest BCUT2D eigenvalue weighted by Crippen LogP contribution is 2.36. The molecule has 0 saturated carbocycles. The number of furan rings is 1. The van der Waals surface area contributed by atoms with Gasteiger partial charge in [-0.3, -0.25) is 9.59 Å². The van der Waals surface area contributed by atoms with E-state index in [2.05, 4.69) is 0 Å². The third-order valence-electron chi connectivity index (χ3n) is 5.72. The molecule has 0 aliphatic rings. The van der Waals surface area contributed by atoms with Gasteiger partial charge in [0.25, 0.3) is 5.91 Å². The second kappa shape index (κ2) is 12.4. The predicted molar refractivity (Wildman–Crippen MR) is 128 cm³/mol. The lowest BCUT2D eigenvalue weighted by Gasteiger charge is -2.28. The van der Waals surface area contributed by atoms with Crippen LogP contribution in [0.1, 0.15) is 38.6 Å². The number of amides is 2. The molecule has 0 atom stereocenters. The van der Waals surface area contributed by atoms with Crippen LogP contribution in [0.2, 0.25) is 0 Å². The van der Waals surface area contributed by atoms with Gasteiger partial charge in [0.2, 0.25) is 5.91 Å². The minimum Gasteiger partial charge on any atom is -0.464 e. The average Bonchev–Trinajstić information content (AvgIpc) is 3.29. The average molecular weight is 557 g/mol. The van der Waals surface area contributed by atoms with Crippen LogP contribution in [0.4, 0.5) is 26.3 Å². The number of halogens is 6. The van der Waals surface area contributed by atoms with E-state index in [1.165, 1.54) is 12.0 Å². The Kier molecular flexibility index (Phi) is 9.44. The van der Waals surface area contributed by atoms with Crippen molar-refractivity contribution in [2.24, 2.45) is 0 Å². The van der Waals surface area contributed by atoms with Crippen LogP contribution >= 0.6 is 0 Å². The Morgan fingerprint density at radius 2 is 1.46 bits per heavy atom. The van der Waals surface area contributed by atoms with E-state index in [4.69, 9.17) is 9.15 Å². The molecule has 0 radical (unpaired) electrons. The molecular weight excluding hydrogens is 530 g/mol. The van der Waals surface area contributed by atoms with Crippen molar-refractivity contribution in [3.63, 3.8) is 0 Å². The summed E-state index contributed by atoms with van der Waals surface area (Å²) in [5, 5.41) is 0. The van der Waals surface area contributed by atoms with Crippen LogP contribution in [0, 0.1) is 6.92 Å². The highest BCUT2D eigenvalue weighted by atomic mass is 19.4. The number of ether oxygens (including phenoxy) is 1. The number of benzene rings is 2. The maximum Gasteiger partial charge on any atom is 0.416 e. The van der Waals surface area contributed by atoms with E-state index >= 15 is 0 Å². The van der Waals surface area contributed by atoms with Gasteiger partial charge in [0.1, 0.15) is 18.1 Å². The van der Waals surface area contributed by atoms with Gasteiger partial charge in [0, 0.05) is 25.8 Å². The normalized spacial score (nSPS) is 11.9. The van der Waals surface area contributed by atoms with E-state index in [1.807, 2.05) is 0 Å². The van der Waals surface area contributed by atoms with E-state index < -0.39 is 47.4 Å². The lowest BCUT2D eigenvalue weighted by Crippen LogP contribution is -2.43. The number of carbonyl (C=O) groups excluding carboxylic acids is 2. The minimum atomic E-state index is -5.13. The summed E-state index contributed by atoms with van der Waals surface area (Å²) < 4.78 is 90.6. The highest BCUT2D eigenvalue weighted by molar-refractivity contribution is 5.97. The van der Waals surface area contributed by atoms with Gasteiger partial charge >= 0.3 is 12.4 Å². The number of hydrogen-bond acceptors (Lipinski definition) is 4. The summed E-state index contributed by atoms with van der Waals surface area (Å²) in [4.78, 5) is 28.9. The Bertz CT molecular complexity index is 1240. The molecule has 2 amide bonds. The van der Waals surface area contributed by atoms with Crippen molar-refractivity contribution in [2.75, 3.05) is 26.8 Å². The van der Waals surface area contributed by atoms with Gasteiger partial charge in [0.05, 0.1) is 24.3 Å². The van der Waals surface area contributed by atoms with Gasteiger partial charge in [0.15, 0.2) is 0 Å². The maximum absolute atomic E-state index is 13.4. The zero-order chi connectivity index (χ0) is 28.8. The summed E-state index contributed by atoms with van der Waals surface area (Å²) in [6.07, 6.45) is -10.3. The van der Waals surface area contributed by atoms with Crippen LogP contribution in [0.25, 0.3) is 0 Å². The minimum absolute atomic E-state index is 0.0235. The number of hydrogen-bond donors (Lipinski definition) is 0. The molecule has 0 bridgehead atoms. The third kappa shape index (κ3) is 8.34. The fourth-order valence-corrected chi connectivity index (χ4v) is 3.77. The van der Waals surface area contributed by atoms with Crippen molar-refractivity contribution in [3.8, 4) is 0 Å². The number of rotatable bonds is 10. The van der Waals surface area contributed by atoms with Crippen LogP contribution in [0.15, 0.2) is 65.1 Å². The molecule has 1 aromatic heterocycles. The van der Waals surface area contributed by atoms with Crippen LogP contribution in [-0.2, 0) is 35.0 Å². The Morgan fingerprint density at radius 1 is 0.846 bits per heavy atom. The van der Waals surface area contributed by atoms with E-state index in [0.717, 1.165) is 10.5 Å². The quantitative estimate of drug-likeness (QED) is 0.290. The number of methoxy groups -OCH3 is 1. The zero-order valence-corrected chi connectivity index (χ0v) is 21.1. The van der Waals surface area contributed by atoms with Crippen LogP contribution in [0.5, 0.6) is 0 Å². The standard InChI is InChI=1S/C27H26F6N2O4/c1-18-8-9-23(39-18)16-35(15-19-6-4-3-5-7-19)24(36)17-34(10-11-38-2)25(37)20-12-21(26(28,29)30)14-22(13-20)27(31,32)33/h3-9,12-14H,10-11,15-17H2,1-2H3. The number of aryl methyl sites for hydroxylation is 1. The Hall–Kier alpha value is -3.80. The van der Waals surface area contributed by atoms with Gasteiger partial charge < -0.3 is 19.0 Å². The lowest BCUT2D eigenvalue weighted by atomic mass is 10.0. The molecule has 210 valence electrons. The highest BCUT2D eigenvalue weighted by Gasteiger charge is 2.38. The fourth-order valence-electron chi connectivity index (χ4n) is 3.77. The summed E-state index contributed by atoms with van der Waals surface area (Å²) in [5.41, 5.74) is -3.34. The number of carbonyl (C=O) groups is 2. The van der Waals surface area contributed by atoms with Gasteiger partial charge in [-0.15, -0.1) is 0 Å². The summed E-state index contributed by atoms with van der Waals surface area (Å²) in [5.74, 6) is -0.704. The van der Waals surface area contributed by atoms with Crippen LogP contribution in [-0.4, -0.2) is 48.4 Å². The van der Waals surface area contributed by atoms with Crippen molar-refractivity contribution >= 4 is 11.8 Å². The van der Waals surface area contributed by atoms with Crippen molar-refractivity contribution in [1.29, 1.82) is 0 Å². The maximum atomic E-state index is 13.4. The summed E-state index contributed by atoms with van der Waals surface area (Å²) >= 11 is 0. The molecule has 0 spiro atoms. The molecule has 3 aromatic rings. The van der Waals surface area contributed by atoms with E-state index in [1.54, 1.807) is 49.4 Å². The Labute approximate surface area is 220 Å². The second-order valence-corrected chi connectivity index (χ2v) is 8.76. The first-order chi connectivity index (χ1) is 18.3. The van der Waals surface area contributed by atoms with Gasteiger partial charge in [-0.25, -0.2) is 0 Å². The molecule has 12 heteroatoms. The zero-order valence-electron chi connectivity index (χ0n) is 21.1. The summed E-state index contributed by atoms with van der Waals surface area (Å²) in [6, 6.07) is 12.9. The SMILES string of the molecule is COCCN(CC(=O)N(Cc1ccccc1)Cc1ccc(C)o1)C(=O)c1cc(C(F)(F)F)cc(C(F)(F)F)c1. The largest absolute Gasteiger partial charge is 0.464 e. The summed E-state index contributed by atoms with van der Waals surface area (Å²) in [7, 11) is 1.30. The van der Waals surface area contributed by atoms with Gasteiger partial charge in [-0.05, 0) is 42.8 Å². The molecule has 2 aromatic carbocycles. The Balaban J connectivity index is 1.93. The third-order valence-corrected chi connectivity index (χ3v) is 5.72. The second-order valence-electron chi connectivity index (χ2n) is 8.76. The van der Waals surface area contributed by atoms with Crippen molar-refractivity contribution < 1.29 is 45.1 Å². The molecule has 1 heterocycles. The van der Waals surface area contributed by atoms with Crippen LogP contribution < -0.4 is 0 Å². The van der Waals surface area contributed by atoms with Crippen molar-refractivity contribution in [2.45, 2.75) is 32.4 Å². The summed E-state index contributed by atoms with van der Waals surface area (Å²) in [6.45, 7) is 0.885. The van der Waals surface area contributed by atoms with E-state index in [0.29, 0.717) is 23.7 Å². The van der Waals surface area contributed by atoms with Crippen molar-refractivity contribution in [3.05, 3.63) is 94.4 Å². The predicted octanol–water partition coefficient (Wildman–Crippen LogP) is 5.94. The molecular formula is C27H26F6N2O4. The lowest BCUT2D eigenvalue weighted by molar-refractivity contribution is -0.143. The first-order valence-corrected chi connectivity index (χ1v) is 11.7. The molecule has 39 heavy (non-hydrogen) atoms. The molecule has 0 N–H and O–H groups in total. The fraction of sp³-hybridized carbons (Fsp3) is 0.333. The van der Waals surface area contributed by atoms with Crippen molar-refractivity contribution in [1.82, 2.24) is 9.80 Å². The van der Waals surface area contributed by atoms with E-state index in [-0.39, 0.29) is 32.3 Å². The molecule has 0 unspecified atom stereocenters. The Morgan fingerprint density at radius 3 is 1.97 bits per heavy atom. The topological polar surface area (TPSA) is 63.0 Å². The number of nitrogens with zero attached hydrogens (tertiary/aromatic N) is 2. The van der Waals surface area contributed by atoms with Crippen LogP contribution in [0.3, 0.4) is 0 Å². The molecule has 0 aliphatic carbocycles.